The highest BCUT2D eigenvalue weighted by Crippen LogP contribution is 2.50. The van der Waals surface area contributed by atoms with Crippen LogP contribution in [-0.2, 0) is 15.2 Å². The normalized spacial score (nSPS) is 21.3. The number of furan rings is 1. The lowest BCUT2D eigenvalue weighted by Crippen LogP contribution is -2.46. The number of carbonyl (C=O) groups excluding carboxylic acids is 2. The van der Waals surface area contributed by atoms with Crippen LogP contribution >= 0.6 is 0 Å². The van der Waals surface area contributed by atoms with E-state index >= 15 is 0 Å². The van der Waals surface area contributed by atoms with Gasteiger partial charge in [-0.15, -0.1) is 0 Å². The summed E-state index contributed by atoms with van der Waals surface area (Å²) in [6.45, 7) is 0. The third kappa shape index (κ3) is 2.58. The van der Waals surface area contributed by atoms with Gasteiger partial charge in [-0.1, -0.05) is 29.4 Å². The second-order valence-electron chi connectivity index (χ2n) is 7.12. The molecule has 0 saturated carbocycles. The van der Waals surface area contributed by atoms with Crippen LogP contribution in [0.2, 0.25) is 0 Å². The first-order valence-corrected chi connectivity index (χ1v) is 9.58. The van der Waals surface area contributed by atoms with Gasteiger partial charge in [0.05, 0.1) is 20.5 Å². The zero-order chi connectivity index (χ0) is 21.6. The smallest absolute Gasteiger partial charge is 0.277 e. The molecule has 8 nitrogen and oxygen atoms in total. The van der Waals surface area contributed by atoms with E-state index in [1.807, 2.05) is 0 Å². The molecule has 1 amide bonds. The maximum absolute atomic E-state index is 13.7. The molecule has 156 valence electrons. The summed E-state index contributed by atoms with van der Waals surface area (Å²) < 4.78 is 16.3. The van der Waals surface area contributed by atoms with Crippen LogP contribution in [0.1, 0.15) is 21.7 Å². The molecule has 1 aromatic heterocycles. The summed E-state index contributed by atoms with van der Waals surface area (Å²) in [5.74, 6) is -1.07. The minimum absolute atomic E-state index is 0.0987. The number of rotatable bonds is 5. The van der Waals surface area contributed by atoms with Crippen LogP contribution in [0.5, 0.6) is 11.5 Å². The summed E-state index contributed by atoms with van der Waals surface area (Å²) in [4.78, 5) is 32.7. The second kappa shape index (κ2) is 7.02. The van der Waals surface area contributed by atoms with E-state index in [1.54, 1.807) is 54.6 Å². The fourth-order valence-corrected chi connectivity index (χ4v) is 4.21. The van der Waals surface area contributed by atoms with E-state index in [-0.39, 0.29) is 11.5 Å². The van der Waals surface area contributed by atoms with Gasteiger partial charge in [-0.3, -0.25) is 9.59 Å². The average molecular weight is 418 g/mol. The Morgan fingerprint density at radius 2 is 1.90 bits per heavy atom. The number of nitrogens with one attached hydrogen (secondary N) is 1. The van der Waals surface area contributed by atoms with Gasteiger partial charge in [-0.05, 0) is 30.3 Å². The number of nitrogens with zero attached hydrogens (tertiary/aromatic N) is 1. The standard InChI is InChI=1S/C23H18N2O6/c1-28-17-10-5-7-13(21(17)29-2)19-18(20(26)16-11-6-12-30-16)23(31-25-19)14-8-3-4-9-15(14)24-22(23)27/h3-12,18H,1-2H3,(H,24,27). The summed E-state index contributed by atoms with van der Waals surface area (Å²) in [6, 6.07) is 15.5. The number of benzene rings is 2. The number of oxime groups is 1. The van der Waals surface area contributed by atoms with Gasteiger partial charge in [0.1, 0.15) is 11.6 Å². The molecule has 5 rings (SSSR count). The number of hydrogen-bond donors (Lipinski definition) is 1. The Balaban J connectivity index is 1.73. The van der Waals surface area contributed by atoms with Gasteiger partial charge < -0.3 is 24.0 Å². The summed E-state index contributed by atoms with van der Waals surface area (Å²) in [5, 5.41) is 7.05. The molecule has 0 radical (unpaired) electrons. The number of Topliss-reactive ketones (excluding diaryl/α,β-unsaturated/α-hetero) is 1. The number of ketones is 1. The van der Waals surface area contributed by atoms with E-state index < -0.39 is 23.2 Å². The third-order valence-corrected chi connectivity index (χ3v) is 5.59. The largest absolute Gasteiger partial charge is 0.493 e. The highest BCUT2D eigenvalue weighted by molar-refractivity contribution is 6.25. The van der Waals surface area contributed by atoms with Crippen LogP contribution in [0.4, 0.5) is 5.69 Å². The molecule has 1 N–H and O–H groups in total. The molecule has 0 fully saturated rings. The second-order valence-corrected chi connectivity index (χ2v) is 7.12. The minimum atomic E-state index is -1.66. The Labute approximate surface area is 177 Å². The Morgan fingerprint density at radius 3 is 2.65 bits per heavy atom. The Hall–Kier alpha value is -4.07. The van der Waals surface area contributed by atoms with Crippen molar-refractivity contribution in [3.05, 3.63) is 77.7 Å². The van der Waals surface area contributed by atoms with Gasteiger partial charge in [0.25, 0.3) is 11.5 Å². The lowest BCUT2D eigenvalue weighted by Gasteiger charge is -2.26. The molecular formula is C23H18N2O6. The summed E-state index contributed by atoms with van der Waals surface area (Å²) in [5.41, 5.74) is 0.179. The number of para-hydroxylation sites is 2. The van der Waals surface area contributed by atoms with Gasteiger partial charge in [-0.2, -0.15) is 0 Å². The van der Waals surface area contributed by atoms with E-state index in [1.165, 1.54) is 20.5 Å². The minimum Gasteiger partial charge on any atom is -0.493 e. The molecule has 1 spiro atoms. The van der Waals surface area contributed by atoms with Gasteiger partial charge in [0.2, 0.25) is 5.78 Å². The van der Waals surface area contributed by atoms with Crippen molar-refractivity contribution in [2.24, 2.45) is 11.1 Å². The van der Waals surface area contributed by atoms with Crippen LogP contribution in [0.15, 0.2) is 70.4 Å². The number of carbonyl (C=O) groups is 2. The van der Waals surface area contributed by atoms with Crippen molar-refractivity contribution >= 4 is 23.1 Å². The zero-order valence-electron chi connectivity index (χ0n) is 16.7. The molecule has 3 aromatic rings. The fraction of sp³-hybridized carbons (Fsp3) is 0.174. The molecule has 31 heavy (non-hydrogen) atoms. The van der Waals surface area contributed by atoms with Crippen molar-refractivity contribution in [1.82, 2.24) is 0 Å². The van der Waals surface area contributed by atoms with Crippen molar-refractivity contribution in [3.8, 4) is 11.5 Å². The maximum Gasteiger partial charge on any atom is 0.277 e. The van der Waals surface area contributed by atoms with Crippen molar-refractivity contribution in [2.75, 3.05) is 19.5 Å². The number of fused-ring (bicyclic) bond motifs is 2. The summed E-state index contributed by atoms with van der Waals surface area (Å²) in [6.07, 6.45) is 1.40. The van der Waals surface area contributed by atoms with Crippen LogP contribution in [0.3, 0.4) is 0 Å². The number of ether oxygens (including phenoxy) is 2. The van der Waals surface area contributed by atoms with Crippen LogP contribution in [-0.4, -0.2) is 31.6 Å². The highest BCUT2D eigenvalue weighted by atomic mass is 16.7. The van der Waals surface area contributed by atoms with Crippen molar-refractivity contribution < 1.29 is 28.3 Å². The first-order valence-electron chi connectivity index (χ1n) is 9.58. The maximum atomic E-state index is 13.7. The zero-order valence-corrected chi connectivity index (χ0v) is 16.7. The molecule has 2 unspecified atom stereocenters. The first-order chi connectivity index (χ1) is 15.1. The van der Waals surface area contributed by atoms with E-state index in [0.717, 1.165) is 0 Å². The van der Waals surface area contributed by atoms with E-state index in [2.05, 4.69) is 10.5 Å². The summed E-state index contributed by atoms with van der Waals surface area (Å²) in [7, 11) is 3.01. The van der Waals surface area contributed by atoms with E-state index in [0.29, 0.717) is 28.3 Å². The molecule has 3 heterocycles. The molecule has 2 atom stereocenters. The quantitative estimate of drug-likeness (QED) is 0.638. The average Bonchev–Trinajstić information content (AvgIpc) is 3.52. The SMILES string of the molecule is COc1cccc(C2=NOC3(C(=O)Nc4ccccc43)C2C(=O)c2ccco2)c1OC. The van der Waals surface area contributed by atoms with Crippen molar-refractivity contribution in [2.45, 2.75) is 5.60 Å². The molecule has 0 aliphatic carbocycles. The Morgan fingerprint density at radius 1 is 1.06 bits per heavy atom. The molecule has 2 aliphatic heterocycles. The van der Waals surface area contributed by atoms with Crippen molar-refractivity contribution in [1.29, 1.82) is 0 Å². The van der Waals surface area contributed by atoms with Gasteiger partial charge in [0.15, 0.2) is 17.3 Å². The molecule has 2 aromatic carbocycles. The number of amides is 1. The summed E-state index contributed by atoms with van der Waals surface area (Å²) >= 11 is 0. The lowest BCUT2D eigenvalue weighted by atomic mass is 9.75. The molecular weight excluding hydrogens is 400 g/mol. The molecule has 8 heteroatoms. The number of anilines is 1. The van der Waals surface area contributed by atoms with Gasteiger partial charge in [0, 0.05) is 16.8 Å². The predicted octanol–water partition coefficient (Wildman–Crippen LogP) is 3.38. The predicted molar refractivity (Wildman–Crippen MR) is 110 cm³/mol. The molecule has 0 bridgehead atoms. The third-order valence-electron chi connectivity index (χ3n) is 5.59. The van der Waals surface area contributed by atoms with Crippen molar-refractivity contribution in [3.63, 3.8) is 0 Å². The number of methoxy groups -OCH3 is 2. The van der Waals surface area contributed by atoms with Crippen LogP contribution in [0.25, 0.3) is 0 Å². The van der Waals surface area contributed by atoms with E-state index in [4.69, 9.17) is 18.7 Å². The van der Waals surface area contributed by atoms with Crippen LogP contribution in [0, 0.1) is 5.92 Å². The lowest BCUT2D eigenvalue weighted by molar-refractivity contribution is -0.140. The Kier molecular flexibility index (Phi) is 4.28. The first kappa shape index (κ1) is 18.9. The van der Waals surface area contributed by atoms with E-state index in [9.17, 15) is 9.59 Å². The number of hydrogen-bond acceptors (Lipinski definition) is 7. The van der Waals surface area contributed by atoms with Crippen LogP contribution < -0.4 is 14.8 Å². The monoisotopic (exact) mass is 418 g/mol. The fourth-order valence-electron chi connectivity index (χ4n) is 4.21. The molecule has 0 saturated heterocycles. The van der Waals surface area contributed by atoms with Gasteiger partial charge >= 0.3 is 0 Å². The topological polar surface area (TPSA) is 99.4 Å². The highest BCUT2D eigenvalue weighted by Gasteiger charge is 2.64. The molecule has 2 aliphatic rings. The van der Waals surface area contributed by atoms with Gasteiger partial charge in [-0.25, -0.2) is 0 Å². The Bertz CT molecular complexity index is 1220.